The standard InChI is InChI=1S/C27H30N6O2/c1-18-21(16-19-4-6-20(7-5-19)23-8-12-32(2)30-23)17-25(27(34)28-22-10-14-35-15-11-22)29-26(18)24-9-13-33(3)31-24/h4-9,12-13,17,22H,10-11,14-16H2,1-3H3,(H,28,34). The topological polar surface area (TPSA) is 86.9 Å². The Morgan fingerprint density at radius 2 is 1.66 bits per heavy atom. The molecular weight excluding hydrogens is 440 g/mol. The minimum absolute atomic E-state index is 0.111. The van der Waals surface area contributed by atoms with E-state index in [1.807, 2.05) is 44.7 Å². The zero-order valence-electron chi connectivity index (χ0n) is 20.4. The van der Waals surface area contributed by atoms with Crippen LogP contribution in [0.3, 0.4) is 0 Å². The van der Waals surface area contributed by atoms with Crippen molar-refractivity contribution in [1.29, 1.82) is 0 Å². The van der Waals surface area contributed by atoms with Crippen LogP contribution >= 0.6 is 0 Å². The highest BCUT2D eigenvalue weighted by Gasteiger charge is 2.21. The lowest BCUT2D eigenvalue weighted by atomic mass is 9.96. The monoisotopic (exact) mass is 470 g/mol. The summed E-state index contributed by atoms with van der Waals surface area (Å²) in [4.78, 5) is 17.9. The summed E-state index contributed by atoms with van der Waals surface area (Å²) in [6, 6.07) is 14.4. The Morgan fingerprint density at radius 1 is 1.00 bits per heavy atom. The molecule has 3 aromatic heterocycles. The van der Waals surface area contributed by atoms with E-state index in [2.05, 4.69) is 46.7 Å². The maximum atomic E-state index is 13.2. The van der Waals surface area contributed by atoms with E-state index in [4.69, 9.17) is 9.72 Å². The van der Waals surface area contributed by atoms with Gasteiger partial charge in [-0.1, -0.05) is 24.3 Å². The van der Waals surface area contributed by atoms with Crippen LogP contribution < -0.4 is 5.32 Å². The third-order valence-electron chi connectivity index (χ3n) is 6.48. The Labute approximate surface area is 205 Å². The first kappa shape index (κ1) is 23.0. The molecule has 1 aliphatic rings. The van der Waals surface area contributed by atoms with Gasteiger partial charge in [0, 0.05) is 51.3 Å². The van der Waals surface area contributed by atoms with E-state index < -0.39 is 0 Å². The zero-order chi connectivity index (χ0) is 24.4. The van der Waals surface area contributed by atoms with E-state index in [0.717, 1.165) is 52.2 Å². The number of aromatic nitrogens is 5. The van der Waals surface area contributed by atoms with Crippen LogP contribution in [0.4, 0.5) is 0 Å². The molecule has 0 spiro atoms. The van der Waals surface area contributed by atoms with Gasteiger partial charge in [-0.15, -0.1) is 0 Å². The number of nitrogens with one attached hydrogen (secondary N) is 1. The Kier molecular flexibility index (Phi) is 6.46. The van der Waals surface area contributed by atoms with Crippen molar-refractivity contribution >= 4 is 5.91 Å². The summed E-state index contributed by atoms with van der Waals surface area (Å²) in [5.74, 6) is -0.152. The van der Waals surface area contributed by atoms with E-state index in [9.17, 15) is 4.79 Å². The van der Waals surface area contributed by atoms with E-state index >= 15 is 0 Å². The van der Waals surface area contributed by atoms with Crippen molar-refractivity contribution in [2.24, 2.45) is 14.1 Å². The second-order valence-corrected chi connectivity index (χ2v) is 9.12. The fourth-order valence-corrected chi connectivity index (χ4v) is 4.44. The lowest BCUT2D eigenvalue weighted by Crippen LogP contribution is -2.39. The number of aryl methyl sites for hydroxylation is 2. The van der Waals surface area contributed by atoms with Crippen LogP contribution in [-0.2, 0) is 25.3 Å². The van der Waals surface area contributed by atoms with Crippen molar-refractivity contribution < 1.29 is 9.53 Å². The number of ether oxygens (including phenoxy) is 1. The van der Waals surface area contributed by atoms with Crippen LogP contribution in [0.2, 0.25) is 0 Å². The number of amides is 1. The summed E-state index contributed by atoms with van der Waals surface area (Å²) in [6.45, 7) is 3.39. The minimum atomic E-state index is -0.152. The molecule has 35 heavy (non-hydrogen) atoms. The van der Waals surface area contributed by atoms with Gasteiger partial charge in [-0.05, 0) is 61.1 Å². The predicted molar refractivity (Wildman–Crippen MR) is 134 cm³/mol. The maximum Gasteiger partial charge on any atom is 0.270 e. The molecule has 1 N–H and O–H groups in total. The van der Waals surface area contributed by atoms with Crippen LogP contribution in [0.25, 0.3) is 22.6 Å². The van der Waals surface area contributed by atoms with Crippen LogP contribution in [-0.4, -0.2) is 49.7 Å². The second kappa shape index (κ2) is 9.84. The second-order valence-electron chi connectivity index (χ2n) is 9.12. The first-order valence-corrected chi connectivity index (χ1v) is 11.9. The number of carbonyl (C=O) groups is 1. The van der Waals surface area contributed by atoms with Crippen molar-refractivity contribution in [3.8, 4) is 22.6 Å². The van der Waals surface area contributed by atoms with Crippen molar-refractivity contribution in [3.63, 3.8) is 0 Å². The summed E-state index contributed by atoms with van der Waals surface area (Å²) in [5.41, 5.74) is 7.19. The van der Waals surface area contributed by atoms with Gasteiger partial charge in [-0.25, -0.2) is 4.98 Å². The van der Waals surface area contributed by atoms with Crippen molar-refractivity contribution in [2.75, 3.05) is 13.2 Å². The van der Waals surface area contributed by atoms with Crippen molar-refractivity contribution in [2.45, 2.75) is 32.2 Å². The molecule has 1 fully saturated rings. The van der Waals surface area contributed by atoms with Gasteiger partial charge in [-0.2, -0.15) is 10.2 Å². The van der Waals surface area contributed by atoms with E-state index in [0.29, 0.717) is 25.3 Å². The number of pyridine rings is 1. The smallest absolute Gasteiger partial charge is 0.270 e. The Morgan fingerprint density at radius 3 is 2.29 bits per heavy atom. The maximum absolute atomic E-state index is 13.2. The van der Waals surface area contributed by atoms with Crippen molar-refractivity contribution in [1.82, 2.24) is 29.9 Å². The molecule has 8 nitrogen and oxygen atoms in total. The molecule has 0 saturated carbocycles. The molecule has 0 unspecified atom stereocenters. The Hall–Kier alpha value is -3.78. The molecule has 180 valence electrons. The average molecular weight is 471 g/mol. The summed E-state index contributed by atoms with van der Waals surface area (Å²) in [5, 5.41) is 12.2. The lowest BCUT2D eigenvalue weighted by Gasteiger charge is -2.23. The van der Waals surface area contributed by atoms with Crippen LogP contribution in [0.5, 0.6) is 0 Å². The summed E-state index contributed by atoms with van der Waals surface area (Å²) in [6.07, 6.45) is 6.16. The molecule has 0 bridgehead atoms. The predicted octanol–water partition coefficient (Wildman–Crippen LogP) is 3.69. The summed E-state index contributed by atoms with van der Waals surface area (Å²) >= 11 is 0. The van der Waals surface area contributed by atoms with Crippen molar-refractivity contribution in [3.05, 3.63) is 77.2 Å². The molecule has 0 radical (unpaired) electrons. The van der Waals surface area contributed by atoms with E-state index in [1.165, 1.54) is 0 Å². The molecule has 8 heteroatoms. The van der Waals surface area contributed by atoms with Gasteiger partial charge >= 0.3 is 0 Å². The molecule has 0 aliphatic carbocycles. The highest BCUT2D eigenvalue weighted by molar-refractivity contribution is 5.93. The number of hydrogen-bond acceptors (Lipinski definition) is 5. The van der Waals surface area contributed by atoms with Gasteiger partial charge in [0.25, 0.3) is 5.91 Å². The van der Waals surface area contributed by atoms with Gasteiger partial charge in [0.05, 0.1) is 11.4 Å². The highest BCUT2D eigenvalue weighted by Crippen LogP contribution is 2.26. The molecule has 5 rings (SSSR count). The Balaban J connectivity index is 1.45. The zero-order valence-corrected chi connectivity index (χ0v) is 20.4. The molecule has 0 atom stereocenters. The first-order chi connectivity index (χ1) is 17.0. The SMILES string of the molecule is Cc1c(Cc2ccc(-c3ccn(C)n3)cc2)cc(C(=O)NC2CCOCC2)nc1-c1ccn(C)n1. The molecule has 1 aromatic carbocycles. The molecular formula is C27H30N6O2. The van der Waals surface area contributed by atoms with Gasteiger partial charge in [0.2, 0.25) is 0 Å². The molecule has 1 saturated heterocycles. The lowest BCUT2D eigenvalue weighted by molar-refractivity contribution is 0.0694. The average Bonchev–Trinajstić information content (AvgIpc) is 3.49. The van der Waals surface area contributed by atoms with E-state index in [-0.39, 0.29) is 11.9 Å². The van der Waals surface area contributed by atoms with Crippen LogP contribution in [0, 0.1) is 6.92 Å². The van der Waals surface area contributed by atoms with Crippen LogP contribution in [0.15, 0.2) is 54.9 Å². The summed E-state index contributed by atoms with van der Waals surface area (Å²) in [7, 11) is 3.80. The molecule has 1 aliphatic heterocycles. The molecule has 4 aromatic rings. The summed E-state index contributed by atoms with van der Waals surface area (Å²) < 4.78 is 8.98. The molecule has 4 heterocycles. The fraction of sp³-hybridized carbons (Fsp3) is 0.333. The Bertz CT molecular complexity index is 1330. The largest absolute Gasteiger partial charge is 0.381 e. The van der Waals surface area contributed by atoms with Gasteiger partial charge in [0.15, 0.2) is 0 Å². The number of rotatable bonds is 6. The quantitative estimate of drug-likeness (QED) is 0.464. The minimum Gasteiger partial charge on any atom is -0.381 e. The number of carbonyl (C=O) groups excluding carboxylic acids is 1. The number of nitrogens with zero attached hydrogens (tertiary/aromatic N) is 5. The number of benzene rings is 1. The highest BCUT2D eigenvalue weighted by atomic mass is 16.5. The van der Waals surface area contributed by atoms with Gasteiger partial charge in [-0.3, -0.25) is 14.2 Å². The third-order valence-corrected chi connectivity index (χ3v) is 6.48. The molecule has 1 amide bonds. The number of hydrogen-bond donors (Lipinski definition) is 1. The van der Waals surface area contributed by atoms with Gasteiger partial charge in [0.1, 0.15) is 11.4 Å². The van der Waals surface area contributed by atoms with Gasteiger partial charge < -0.3 is 10.1 Å². The van der Waals surface area contributed by atoms with E-state index in [1.54, 1.807) is 9.36 Å². The normalized spacial score (nSPS) is 14.3. The van der Waals surface area contributed by atoms with Crippen LogP contribution in [0.1, 0.15) is 40.0 Å². The first-order valence-electron chi connectivity index (χ1n) is 11.9. The third kappa shape index (κ3) is 5.17. The fourth-order valence-electron chi connectivity index (χ4n) is 4.44.